The van der Waals surface area contributed by atoms with Gasteiger partial charge in [-0.05, 0) is 0 Å². The summed E-state index contributed by atoms with van der Waals surface area (Å²) >= 11 is 0. The summed E-state index contributed by atoms with van der Waals surface area (Å²) in [5, 5.41) is 20.7. The fourth-order valence-corrected chi connectivity index (χ4v) is 0.0676. The zero-order valence-electron chi connectivity index (χ0n) is 4.42. The number of carbonyl (C=O) groups is 1. The Bertz CT molecular complexity index is 152. The molecular formula is C4H4N2O3. The summed E-state index contributed by atoms with van der Waals surface area (Å²) in [6.07, 6.45) is 0.347. The summed E-state index contributed by atoms with van der Waals surface area (Å²) in [4.78, 5) is 17.7. The van der Waals surface area contributed by atoms with Crippen molar-refractivity contribution in [1.29, 1.82) is 10.7 Å². The molecule has 0 radical (unpaired) electrons. The highest BCUT2D eigenvalue weighted by Crippen LogP contribution is 1.68. The maximum atomic E-state index is 9.38. The van der Waals surface area contributed by atoms with Crippen LogP contribution >= 0.6 is 0 Å². The monoisotopic (exact) mass is 128 g/mol. The first-order valence-electron chi connectivity index (χ1n) is 1.81. The van der Waals surface area contributed by atoms with Crippen molar-refractivity contribution in [1.82, 2.24) is 0 Å². The lowest BCUT2D eigenvalue weighted by molar-refractivity contribution is -0.135. The average molecular weight is 128 g/mol. The normalized spacial score (nSPS) is 5.22. The van der Waals surface area contributed by atoms with E-state index in [0.29, 0.717) is 0 Å². The Labute approximate surface area is 51.0 Å². The molecule has 0 aromatic carbocycles. The summed E-state index contributed by atoms with van der Waals surface area (Å²) in [7, 11) is 0. The van der Waals surface area contributed by atoms with Gasteiger partial charge in [0.25, 0.3) is 0 Å². The van der Waals surface area contributed by atoms with E-state index in [1.165, 1.54) is 6.07 Å². The smallest absolute Gasteiger partial charge is 0.317 e. The Kier molecular flexibility index (Phi) is 11.0. The van der Waals surface area contributed by atoms with E-state index < -0.39 is 12.4 Å². The molecule has 0 aliphatic rings. The molecule has 0 aliphatic carbocycles. The third-order valence-corrected chi connectivity index (χ3v) is 0.230. The Morgan fingerprint density at radius 1 is 1.78 bits per heavy atom. The SMILES string of the molecule is N#CCC(=O)O.N=C=O. The first kappa shape index (κ1) is 10.3. The van der Waals surface area contributed by atoms with Crippen LogP contribution in [0.25, 0.3) is 0 Å². The molecule has 0 aliphatic heterocycles. The highest BCUT2D eigenvalue weighted by molar-refractivity contribution is 5.69. The zero-order valence-corrected chi connectivity index (χ0v) is 4.42. The number of carbonyl (C=O) groups excluding carboxylic acids is 1. The van der Waals surface area contributed by atoms with E-state index in [4.69, 9.17) is 20.6 Å². The Morgan fingerprint density at radius 3 is 2.11 bits per heavy atom. The van der Waals surface area contributed by atoms with Gasteiger partial charge in [-0.25, -0.2) is 10.2 Å². The van der Waals surface area contributed by atoms with E-state index in [1.807, 2.05) is 0 Å². The van der Waals surface area contributed by atoms with Crippen molar-refractivity contribution in [2.75, 3.05) is 0 Å². The van der Waals surface area contributed by atoms with Gasteiger partial charge in [0.1, 0.15) is 6.42 Å². The molecule has 5 heteroatoms. The van der Waals surface area contributed by atoms with Crippen molar-refractivity contribution in [2.24, 2.45) is 0 Å². The minimum absolute atomic E-state index is 0.403. The predicted molar refractivity (Wildman–Crippen MR) is 26.3 cm³/mol. The fraction of sp³-hybridized carbons (Fsp3) is 0.250. The van der Waals surface area contributed by atoms with Gasteiger partial charge in [-0.3, -0.25) is 4.79 Å². The number of carboxylic acids is 1. The van der Waals surface area contributed by atoms with Gasteiger partial charge in [0.2, 0.25) is 6.08 Å². The van der Waals surface area contributed by atoms with Crippen LogP contribution in [0.3, 0.4) is 0 Å². The molecule has 0 bridgehead atoms. The maximum absolute atomic E-state index is 9.38. The van der Waals surface area contributed by atoms with E-state index in [-0.39, 0.29) is 0 Å². The third-order valence-electron chi connectivity index (χ3n) is 0.230. The number of aliphatic carboxylic acids is 1. The molecule has 0 heterocycles. The molecular weight excluding hydrogens is 124 g/mol. The van der Waals surface area contributed by atoms with Gasteiger partial charge in [0.05, 0.1) is 6.07 Å². The molecule has 0 aromatic heterocycles. The average Bonchev–Trinajstić information content (AvgIpc) is 1.67. The van der Waals surface area contributed by atoms with Crippen molar-refractivity contribution < 1.29 is 14.7 Å². The van der Waals surface area contributed by atoms with E-state index in [1.54, 1.807) is 0 Å². The molecule has 0 unspecified atom stereocenters. The lowest BCUT2D eigenvalue weighted by Crippen LogP contribution is -1.88. The topological polar surface area (TPSA) is 102 Å². The van der Waals surface area contributed by atoms with Crippen LogP contribution in [0, 0.1) is 16.7 Å². The van der Waals surface area contributed by atoms with Gasteiger partial charge in [-0.15, -0.1) is 0 Å². The fourth-order valence-electron chi connectivity index (χ4n) is 0.0676. The number of hydrogen-bond donors (Lipinski definition) is 2. The zero-order chi connectivity index (χ0) is 7.70. The van der Waals surface area contributed by atoms with Gasteiger partial charge in [0.15, 0.2) is 0 Å². The predicted octanol–water partition coefficient (Wildman–Crippen LogP) is -0.114. The second-order valence-corrected chi connectivity index (χ2v) is 0.831. The third kappa shape index (κ3) is 66.5. The first-order valence-corrected chi connectivity index (χ1v) is 1.81. The van der Waals surface area contributed by atoms with Crippen molar-refractivity contribution in [2.45, 2.75) is 6.42 Å². The second-order valence-electron chi connectivity index (χ2n) is 0.831. The van der Waals surface area contributed by atoms with Crippen molar-refractivity contribution in [3.8, 4) is 6.07 Å². The molecule has 0 saturated heterocycles. The molecule has 0 aromatic rings. The van der Waals surface area contributed by atoms with E-state index in [9.17, 15) is 4.79 Å². The van der Waals surface area contributed by atoms with Crippen molar-refractivity contribution in [3.05, 3.63) is 0 Å². The molecule has 0 atom stereocenters. The molecule has 48 valence electrons. The van der Waals surface area contributed by atoms with Gasteiger partial charge in [-0.1, -0.05) is 0 Å². The highest BCUT2D eigenvalue weighted by Gasteiger charge is 1.87. The van der Waals surface area contributed by atoms with Gasteiger partial charge in [-0.2, -0.15) is 5.26 Å². The summed E-state index contributed by atoms with van der Waals surface area (Å²) in [5.41, 5.74) is 0. The van der Waals surface area contributed by atoms with Crippen LogP contribution in [0.5, 0.6) is 0 Å². The number of isocyanates is 1. The van der Waals surface area contributed by atoms with Gasteiger partial charge >= 0.3 is 5.97 Å². The molecule has 2 N–H and O–H groups in total. The van der Waals surface area contributed by atoms with Crippen LogP contribution in [-0.4, -0.2) is 17.2 Å². The molecule has 0 rings (SSSR count). The van der Waals surface area contributed by atoms with E-state index in [0.717, 1.165) is 6.08 Å². The number of carboxylic acid groups (broad SMARTS) is 1. The quantitative estimate of drug-likeness (QED) is 0.379. The largest absolute Gasteiger partial charge is 0.480 e. The minimum Gasteiger partial charge on any atom is -0.480 e. The van der Waals surface area contributed by atoms with E-state index >= 15 is 0 Å². The molecule has 5 nitrogen and oxygen atoms in total. The molecule has 0 saturated carbocycles. The highest BCUT2D eigenvalue weighted by atomic mass is 16.4. The molecule has 0 fully saturated rings. The van der Waals surface area contributed by atoms with Crippen LogP contribution < -0.4 is 0 Å². The molecule has 9 heavy (non-hydrogen) atoms. The number of rotatable bonds is 1. The van der Waals surface area contributed by atoms with Crippen LogP contribution in [0.15, 0.2) is 0 Å². The van der Waals surface area contributed by atoms with Crippen molar-refractivity contribution >= 4 is 12.0 Å². The second kappa shape index (κ2) is 9.60. The number of hydrogen-bond acceptors (Lipinski definition) is 4. The standard InChI is InChI=1S/C3H3NO2.CHNO/c4-2-1-3(5)6;2-1-3/h1H2,(H,5,6);2H. The first-order chi connectivity index (χ1) is 4.18. The van der Waals surface area contributed by atoms with Crippen LogP contribution in [-0.2, 0) is 9.59 Å². The minimum atomic E-state index is -1.07. The molecule has 0 spiro atoms. The Morgan fingerprint density at radius 2 is 2.11 bits per heavy atom. The van der Waals surface area contributed by atoms with E-state index in [2.05, 4.69) is 0 Å². The maximum Gasteiger partial charge on any atom is 0.317 e. The van der Waals surface area contributed by atoms with Gasteiger partial charge in [0, 0.05) is 0 Å². The van der Waals surface area contributed by atoms with Crippen molar-refractivity contribution in [3.63, 3.8) is 0 Å². The van der Waals surface area contributed by atoms with Crippen LogP contribution in [0.1, 0.15) is 6.42 Å². The Hall–Kier alpha value is -1.66. The summed E-state index contributed by atoms with van der Waals surface area (Å²) < 4.78 is 0. The Balaban J connectivity index is 0. The number of nitrogens with zero attached hydrogens (tertiary/aromatic N) is 1. The lowest BCUT2D eigenvalue weighted by atomic mass is 10.5. The van der Waals surface area contributed by atoms with Crippen LogP contribution in [0.2, 0.25) is 0 Å². The summed E-state index contributed by atoms with van der Waals surface area (Å²) in [5.74, 6) is -1.07. The van der Waals surface area contributed by atoms with Crippen LogP contribution in [0.4, 0.5) is 0 Å². The number of nitriles is 1. The number of nitrogens with one attached hydrogen (secondary N) is 1. The lowest BCUT2D eigenvalue weighted by Gasteiger charge is -1.70. The summed E-state index contributed by atoms with van der Waals surface area (Å²) in [6, 6.07) is 1.47. The molecule has 0 amide bonds. The van der Waals surface area contributed by atoms with Gasteiger partial charge < -0.3 is 5.11 Å². The summed E-state index contributed by atoms with van der Waals surface area (Å²) in [6.45, 7) is 0.